The first-order valence-corrected chi connectivity index (χ1v) is 8.70. The van der Waals surface area contributed by atoms with Crippen LogP contribution in [0.5, 0.6) is 0 Å². The third-order valence-corrected chi connectivity index (χ3v) is 4.14. The van der Waals surface area contributed by atoms with Gasteiger partial charge in [0.15, 0.2) is 0 Å². The molecule has 0 aliphatic carbocycles. The van der Waals surface area contributed by atoms with Crippen molar-refractivity contribution < 1.29 is 9.53 Å². The molecule has 4 heteroatoms. The predicted octanol–water partition coefficient (Wildman–Crippen LogP) is 3.07. The van der Waals surface area contributed by atoms with Crippen molar-refractivity contribution in [2.75, 3.05) is 19.6 Å². The highest BCUT2D eigenvalue weighted by molar-refractivity contribution is 5.94. The van der Waals surface area contributed by atoms with Gasteiger partial charge in [-0.2, -0.15) is 0 Å². The number of carbonyl (C=O) groups is 1. The third kappa shape index (κ3) is 5.63. The molecule has 4 nitrogen and oxygen atoms in total. The number of nitrogens with zero attached hydrogens (tertiary/aromatic N) is 1. The summed E-state index contributed by atoms with van der Waals surface area (Å²) in [7, 11) is 0. The maximum Gasteiger partial charge on any atom is 0.254 e. The Morgan fingerprint density at radius 2 is 1.83 bits per heavy atom. The first-order chi connectivity index (χ1) is 11.0. The van der Waals surface area contributed by atoms with E-state index in [1.54, 1.807) is 0 Å². The summed E-state index contributed by atoms with van der Waals surface area (Å²) in [6, 6.07) is 7.96. The highest BCUT2D eigenvalue weighted by Crippen LogP contribution is 2.15. The summed E-state index contributed by atoms with van der Waals surface area (Å²) >= 11 is 0. The maximum atomic E-state index is 12.6. The predicted molar refractivity (Wildman–Crippen MR) is 93.5 cm³/mol. The molecule has 0 saturated carbocycles. The summed E-state index contributed by atoms with van der Waals surface area (Å²) in [6.07, 6.45) is 1.39. The number of nitrogens with one attached hydrogen (secondary N) is 1. The van der Waals surface area contributed by atoms with Gasteiger partial charge < -0.3 is 15.0 Å². The van der Waals surface area contributed by atoms with Gasteiger partial charge in [-0.1, -0.05) is 26.0 Å². The lowest BCUT2D eigenvalue weighted by Crippen LogP contribution is -2.48. The summed E-state index contributed by atoms with van der Waals surface area (Å²) in [4.78, 5) is 14.5. The molecule has 1 saturated heterocycles. The van der Waals surface area contributed by atoms with E-state index in [0.717, 1.165) is 24.6 Å². The SMILES string of the molecule is CC(C)CCNCc1ccc(C(=O)N2CC(C)OC(C)C2)cc1. The van der Waals surface area contributed by atoms with Crippen LogP contribution >= 0.6 is 0 Å². The van der Waals surface area contributed by atoms with Gasteiger partial charge in [0.05, 0.1) is 12.2 Å². The molecule has 2 atom stereocenters. The molecule has 0 bridgehead atoms. The Morgan fingerprint density at radius 1 is 1.22 bits per heavy atom. The molecule has 1 N–H and O–H groups in total. The number of carbonyl (C=O) groups excluding carboxylic acids is 1. The van der Waals surface area contributed by atoms with Crippen molar-refractivity contribution in [3.05, 3.63) is 35.4 Å². The first-order valence-electron chi connectivity index (χ1n) is 8.70. The fourth-order valence-electron chi connectivity index (χ4n) is 2.91. The van der Waals surface area contributed by atoms with E-state index in [0.29, 0.717) is 13.1 Å². The Bertz CT molecular complexity index is 489. The van der Waals surface area contributed by atoms with Crippen molar-refractivity contribution in [1.82, 2.24) is 10.2 Å². The van der Waals surface area contributed by atoms with Crippen LogP contribution in [0.2, 0.25) is 0 Å². The topological polar surface area (TPSA) is 41.6 Å². The van der Waals surface area contributed by atoms with E-state index in [2.05, 4.69) is 19.2 Å². The van der Waals surface area contributed by atoms with Crippen molar-refractivity contribution in [3.63, 3.8) is 0 Å². The van der Waals surface area contributed by atoms with Gasteiger partial charge in [-0.05, 0) is 50.4 Å². The normalized spacial score (nSPS) is 21.7. The van der Waals surface area contributed by atoms with Gasteiger partial charge in [-0.3, -0.25) is 4.79 Å². The lowest BCUT2D eigenvalue weighted by Gasteiger charge is -2.35. The Balaban J connectivity index is 1.87. The van der Waals surface area contributed by atoms with Crippen LogP contribution in [-0.2, 0) is 11.3 Å². The summed E-state index contributed by atoms with van der Waals surface area (Å²) in [5.74, 6) is 0.826. The molecule has 1 aromatic carbocycles. The maximum absolute atomic E-state index is 12.6. The molecule has 1 aliphatic heterocycles. The van der Waals surface area contributed by atoms with Crippen LogP contribution in [0.25, 0.3) is 0 Å². The fourth-order valence-corrected chi connectivity index (χ4v) is 2.91. The second-order valence-electron chi connectivity index (χ2n) is 7.02. The molecular weight excluding hydrogens is 288 g/mol. The Kier molecular flexibility index (Phi) is 6.60. The molecule has 0 aromatic heterocycles. The van der Waals surface area contributed by atoms with Crippen LogP contribution in [0, 0.1) is 5.92 Å². The van der Waals surface area contributed by atoms with Gasteiger partial charge in [0.1, 0.15) is 0 Å². The van der Waals surface area contributed by atoms with Crippen molar-refractivity contribution in [3.8, 4) is 0 Å². The second kappa shape index (κ2) is 8.46. The fraction of sp³-hybridized carbons (Fsp3) is 0.632. The molecule has 2 unspecified atom stereocenters. The van der Waals surface area contributed by atoms with Crippen molar-refractivity contribution in [2.24, 2.45) is 5.92 Å². The third-order valence-electron chi connectivity index (χ3n) is 4.14. The Labute approximate surface area is 140 Å². The Morgan fingerprint density at radius 3 is 2.39 bits per heavy atom. The quantitative estimate of drug-likeness (QED) is 0.820. The minimum Gasteiger partial charge on any atom is -0.372 e. The van der Waals surface area contributed by atoms with Crippen LogP contribution in [-0.4, -0.2) is 42.6 Å². The van der Waals surface area contributed by atoms with E-state index in [9.17, 15) is 4.79 Å². The number of amides is 1. The van der Waals surface area contributed by atoms with Crippen LogP contribution in [0.15, 0.2) is 24.3 Å². The zero-order chi connectivity index (χ0) is 16.8. The van der Waals surface area contributed by atoms with Crippen LogP contribution in [0.3, 0.4) is 0 Å². The largest absolute Gasteiger partial charge is 0.372 e. The number of ether oxygens (including phenoxy) is 1. The summed E-state index contributed by atoms with van der Waals surface area (Å²) in [5.41, 5.74) is 1.98. The molecule has 23 heavy (non-hydrogen) atoms. The number of benzene rings is 1. The van der Waals surface area contributed by atoms with Crippen molar-refractivity contribution in [1.29, 1.82) is 0 Å². The average molecular weight is 318 g/mol. The molecule has 0 spiro atoms. The molecule has 1 fully saturated rings. The zero-order valence-corrected chi connectivity index (χ0v) is 14.8. The number of hydrogen-bond donors (Lipinski definition) is 1. The highest BCUT2D eigenvalue weighted by atomic mass is 16.5. The monoisotopic (exact) mass is 318 g/mol. The van der Waals surface area contributed by atoms with E-state index < -0.39 is 0 Å². The van der Waals surface area contributed by atoms with Gasteiger partial charge in [0, 0.05) is 25.2 Å². The molecular formula is C19H30N2O2. The van der Waals surface area contributed by atoms with E-state index in [-0.39, 0.29) is 18.1 Å². The summed E-state index contributed by atoms with van der Waals surface area (Å²) < 4.78 is 5.69. The molecule has 0 radical (unpaired) electrons. The van der Waals surface area contributed by atoms with Gasteiger partial charge in [-0.15, -0.1) is 0 Å². The zero-order valence-electron chi connectivity index (χ0n) is 14.8. The first kappa shape index (κ1) is 18.0. The van der Waals surface area contributed by atoms with Crippen LogP contribution < -0.4 is 5.32 Å². The van der Waals surface area contributed by atoms with Gasteiger partial charge in [0.25, 0.3) is 5.91 Å². The lowest BCUT2D eigenvalue weighted by atomic mass is 10.1. The average Bonchev–Trinajstić information content (AvgIpc) is 2.50. The van der Waals surface area contributed by atoms with Gasteiger partial charge in [0.2, 0.25) is 0 Å². The summed E-state index contributed by atoms with van der Waals surface area (Å²) in [6.45, 7) is 11.7. The smallest absolute Gasteiger partial charge is 0.254 e. The summed E-state index contributed by atoms with van der Waals surface area (Å²) in [5, 5.41) is 3.44. The van der Waals surface area contributed by atoms with Crippen molar-refractivity contribution >= 4 is 5.91 Å². The Hall–Kier alpha value is -1.39. The molecule has 1 aliphatic rings. The van der Waals surface area contributed by atoms with Crippen LogP contribution in [0.1, 0.15) is 50.0 Å². The number of rotatable bonds is 6. The number of hydrogen-bond acceptors (Lipinski definition) is 3. The lowest BCUT2D eigenvalue weighted by molar-refractivity contribution is -0.0586. The van der Waals surface area contributed by atoms with Gasteiger partial charge in [-0.25, -0.2) is 0 Å². The molecule has 2 rings (SSSR count). The van der Waals surface area contributed by atoms with E-state index >= 15 is 0 Å². The van der Waals surface area contributed by atoms with E-state index in [1.807, 2.05) is 43.0 Å². The highest BCUT2D eigenvalue weighted by Gasteiger charge is 2.26. The molecule has 128 valence electrons. The van der Waals surface area contributed by atoms with Crippen molar-refractivity contribution in [2.45, 2.75) is 52.9 Å². The minimum absolute atomic E-state index is 0.103. The second-order valence-corrected chi connectivity index (χ2v) is 7.02. The molecule has 1 amide bonds. The van der Waals surface area contributed by atoms with E-state index in [1.165, 1.54) is 12.0 Å². The number of morpholine rings is 1. The van der Waals surface area contributed by atoms with Crippen LogP contribution in [0.4, 0.5) is 0 Å². The molecule has 1 heterocycles. The standard InChI is InChI=1S/C19H30N2O2/c1-14(2)9-10-20-11-17-5-7-18(8-6-17)19(22)21-12-15(3)23-16(4)13-21/h5-8,14-16,20H,9-13H2,1-4H3. The van der Waals surface area contributed by atoms with Gasteiger partial charge >= 0.3 is 0 Å². The molecule has 1 aromatic rings. The minimum atomic E-state index is 0.103. The van der Waals surface area contributed by atoms with E-state index in [4.69, 9.17) is 4.74 Å².